The van der Waals surface area contributed by atoms with E-state index in [1.807, 2.05) is 13.8 Å². The number of aromatic nitrogens is 6. The van der Waals surface area contributed by atoms with Crippen LogP contribution < -0.4 is 20.9 Å². The number of hydrogen-bond acceptors (Lipinski definition) is 6. The van der Waals surface area contributed by atoms with Crippen LogP contribution in [0.3, 0.4) is 0 Å². The van der Waals surface area contributed by atoms with Gasteiger partial charge in [-0.05, 0) is 84.6 Å². The van der Waals surface area contributed by atoms with Gasteiger partial charge in [0.15, 0.2) is 11.3 Å². The fourth-order valence-electron chi connectivity index (χ4n) is 4.66. The van der Waals surface area contributed by atoms with E-state index in [-0.39, 0.29) is 23.1 Å². The molecule has 0 atom stereocenters. The maximum absolute atomic E-state index is 12.4. The molecule has 2 aromatic carbocycles. The van der Waals surface area contributed by atoms with Crippen LogP contribution >= 0.6 is 0 Å². The fourth-order valence-corrected chi connectivity index (χ4v) is 4.66. The van der Waals surface area contributed by atoms with Crippen LogP contribution in [0.15, 0.2) is 94.8 Å². The Labute approximate surface area is 274 Å². The van der Waals surface area contributed by atoms with Crippen LogP contribution in [0.1, 0.15) is 19.9 Å². The molecule has 0 unspecified atom stereocenters. The molecular weight excluding hydrogens is 691 g/mol. The molecule has 6 aromatic rings. The summed E-state index contributed by atoms with van der Waals surface area (Å²) in [6.45, 7) is 2.19. The quantitative estimate of drug-likeness (QED) is 0.169. The maximum Gasteiger partial charge on any atom is 0.573 e. The van der Waals surface area contributed by atoms with E-state index < -0.39 is 36.9 Å². The number of halogens is 9. The number of alkyl halides is 9. The first-order chi connectivity index (χ1) is 23.3. The Hall–Kier alpha value is -5.75. The molecule has 50 heavy (non-hydrogen) atoms. The largest absolute Gasteiger partial charge is 0.573 e. The van der Waals surface area contributed by atoms with Gasteiger partial charge in [-0.25, -0.2) is 27.8 Å². The summed E-state index contributed by atoms with van der Waals surface area (Å²) in [4.78, 5) is 24.3. The molecule has 0 aliphatic rings. The first-order valence-electron chi connectivity index (χ1n) is 14.3. The third kappa shape index (κ3) is 8.63. The van der Waals surface area contributed by atoms with E-state index >= 15 is 0 Å². The van der Waals surface area contributed by atoms with Crippen molar-refractivity contribution >= 4 is 11.3 Å². The third-order valence-corrected chi connectivity index (χ3v) is 6.78. The predicted molar refractivity (Wildman–Crippen MR) is 160 cm³/mol. The van der Waals surface area contributed by atoms with Gasteiger partial charge in [-0.1, -0.05) is 24.3 Å². The van der Waals surface area contributed by atoms with Crippen LogP contribution in [-0.4, -0.2) is 47.3 Å². The van der Waals surface area contributed by atoms with Crippen molar-refractivity contribution < 1.29 is 49.0 Å². The first kappa shape index (κ1) is 35.6. The van der Waals surface area contributed by atoms with Crippen LogP contribution in [0, 0.1) is 0 Å². The Morgan fingerprint density at radius 1 is 0.580 bits per heavy atom. The Morgan fingerprint density at radius 2 is 0.980 bits per heavy atom. The zero-order chi connectivity index (χ0) is 36.6. The minimum Gasteiger partial charge on any atom is -0.406 e. The molecule has 0 amide bonds. The van der Waals surface area contributed by atoms with Gasteiger partial charge in [0.2, 0.25) is 0 Å². The molecule has 0 N–H and O–H groups in total. The molecule has 0 radical (unpaired) electrons. The van der Waals surface area contributed by atoms with Gasteiger partial charge in [-0.15, -0.1) is 36.5 Å². The molecule has 0 aliphatic carbocycles. The molecule has 4 heterocycles. The number of benzene rings is 2. The third-order valence-electron chi connectivity index (χ3n) is 6.78. The van der Waals surface area contributed by atoms with Gasteiger partial charge in [0.1, 0.15) is 18.0 Å². The molecular formula is C31H23F9N6O4. The number of rotatable bonds is 6. The van der Waals surface area contributed by atoms with Crippen molar-refractivity contribution in [3.05, 3.63) is 106 Å². The van der Waals surface area contributed by atoms with E-state index in [1.165, 1.54) is 63.8 Å². The lowest BCUT2D eigenvalue weighted by Crippen LogP contribution is -2.28. The van der Waals surface area contributed by atoms with Crippen molar-refractivity contribution in [3.8, 4) is 33.8 Å². The molecule has 0 bridgehead atoms. The number of nitrogens with zero attached hydrogens (tertiary/aromatic N) is 6. The summed E-state index contributed by atoms with van der Waals surface area (Å²) in [5.41, 5.74) is 1.48. The molecule has 264 valence electrons. The second-order valence-electron chi connectivity index (χ2n) is 10.8. The summed E-state index contributed by atoms with van der Waals surface area (Å²) in [6, 6.07) is 16.5. The molecule has 0 saturated carbocycles. The molecule has 0 spiro atoms. The summed E-state index contributed by atoms with van der Waals surface area (Å²) < 4.78 is 122. The monoisotopic (exact) mass is 714 g/mol. The van der Waals surface area contributed by atoms with Crippen molar-refractivity contribution in [1.29, 1.82) is 0 Å². The topological polar surface area (TPSA) is 97.1 Å². The van der Waals surface area contributed by atoms with E-state index in [2.05, 4.69) is 19.7 Å². The van der Waals surface area contributed by atoms with Crippen LogP contribution in [0.2, 0.25) is 0 Å². The van der Waals surface area contributed by atoms with E-state index in [9.17, 15) is 49.1 Å². The highest BCUT2D eigenvalue weighted by molar-refractivity contribution is 5.66. The maximum atomic E-state index is 12.4. The molecule has 19 heteroatoms. The highest BCUT2D eigenvalue weighted by Gasteiger charge is 2.32. The van der Waals surface area contributed by atoms with Crippen LogP contribution in [0.25, 0.3) is 33.5 Å². The van der Waals surface area contributed by atoms with Crippen LogP contribution in [-0.2, 0) is 6.54 Å². The van der Waals surface area contributed by atoms with Gasteiger partial charge in [0.25, 0.3) is 0 Å². The highest BCUT2D eigenvalue weighted by atomic mass is 19.4. The van der Waals surface area contributed by atoms with E-state index in [4.69, 9.17) is 0 Å². The number of hydrogen-bond donors (Lipinski definition) is 0. The molecule has 10 nitrogen and oxygen atoms in total. The zero-order valence-electron chi connectivity index (χ0n) is 25.6. The minimum atomic E-state index is -4.82. The second kappa shape index (κ2) is 13.3. The van der Waals surface area contributed by atoms with Crippen molar-refractivity contribution in [2.45, 2.75) is 45.3 Å². The minimum absolute atomic E-state index is 0.0139. The predicted octanol–water partition coefficient (Wildman–Crippen LogP) is 7.27. The van der Waals surface area contributed by atoms with Gasteiger partial charge in [-0.3, -0.25) is 0 Å². The highest BCUT2D eigenvalue weighted by Crippen LogP contribution is 2.28. The second-order valence-corrected chi connectivity index (χ2v) is 10.8. The lowest BCUT2D eigenvalue weighted by molar-refractivity contribution is -0.275. The molecule has 0 saturated heterocycles. The molecule has 0 aliphatic heterocycles. The lowest BCUT2D eigenvalue weighted by Gasteiger charge is -2.09. The smallest absolute Gasteiger partial charge is 0.406 e. The summed E-state index contributed by atoms with van der Waals surface area (Å²) in [6.07, 6.45) is -11.3. The number of pyridine rings is 2. The summed E-state index contributed by atoms with van der Waals surface area (Å²) in [7, 11) is 0. The Morgan fingerprint density at radius 3 is 1.38 bits per heavy atom. The first-order valence-corrected chi connectivity index (χ1v) is 14.3. The zero-order valence-corrected chi connectivity index (χ0v) is 25.6. The Kier molecular flexibility index (Phi) is 9.44. The van der Waals surface area contributed by atoms with Crippen molar-refractivity contribution in [1.82, 2.24) is 28.4 Å². The SMILES string of the molecule is CC(C)n1nc2ccc(-c3ccc(OC(F)(F)F)cc3)cn2c1=O.O=c1n(CC(F)(F)F)nc2ccc(-c3ccc(OC(F)(F)F)cc3)cn12. The summed E-state index contributed by atoms with van der Waals surface area (Å²) in [5.74, 6) is -0.713. The number of ether oxygens (including phenoxy) is 2. The average Bonchev–Trinajstić information content (AvgIpc) is 3.51. The number of fused-ring (bicyclic) bond motifs is 2. The molecule has 4 aromatic heterocycles. The van der Waals surface area contributed by atoms with Gasteiger partial charge in [0, 0.05) is 12.4 Å². The standard InChI is InChI=1S/C16H14F3N3O2.C15H9F6N3O2/c1-10(2)22-15(23)21-9-12(5-8-14(21)20-22)11-3-6-13(7-4-11)24-16(17,18)19;16-14(17,18)8-24-13(25)23-7-10(3-6-12(23)22-24)9-1-4-11(5-2-9)26-15(19,20)21/h3-10H,1-2H3;1-7H,8H2. The van der Waals surface area contributed by atoms with E-state index in [1.54, 1.807) is 18.3 Å². The van der Waals surface area contributed by atoms with E-state index in [0.717, 1.165) is 16.5 Å². The molecule has 0 fully saturated rings. The summed E-state index contributed by atoms with van der Waals surface area (Å²) >= 11 is 0. The van der Waals surface area contributed by atoms with Gasteiger partial charge in [0.05, 0.1) is 6.04 Å². The van der Waals surface area contributed by atoms with Crippen molar-refractivity contribution in [2.24, 2.45) is 0 Å². The van der Waals surface area contributed by atoms with Crippen molar-refractivity contribution in [2.75, 3.05) is 0 Å². The van der Waals surface area contributed by atoms with Crippen molar-refractivity contribution in [3.63, 3.8) is 0 Å². The summed E-state index contributed by atoms with van der Waals surface area (Å²) in [5, 5.41) is 7.81. The van der Waals surface area contributed by atoms with Crippen LogP contribution in [0.5, 0.6) is 11.5 Å². The Balaban J connectivity index is 0.000000195. The van der Waals surface area contributed by atoms with Crippen LogP contribution in [0.4, 0.5) is 39.5 Å². The molecule has 6 rings (SSSR count). The lowest BCUT2D eigenvalue weighted by atomic mass is 10.1. The van der Waals surface area contributed by atoms with E-state index in [0.29, 0.717) is 32.6 Å². The Bertz CT molecular complexity index is 2230. The normalized spacial score (nSPS) is 12.3. The van der Waals surface area contributed by atoms with Gasteiger partial charge >= 0.3 is 30.3 Å². The average molecular weight is 715 g/mol. The fraction of sp³-hybridized carbons (Fsp3) is 0.226. The van der Waals surface area contributed by atoms with Gasteiger partial charge in [-0.2, -0.15) is 13.2 Å². The van der Waals surface area contributed by atoms with Gasteiger partial charge < -0.3 is 9.47 Å².